The zero-order chi connectivity index (χ0) is 29.7. The first-order valence-electron chi connectivity index (χ1n) is 16.5. The minimum Gasteiger partial charge on any atom is -0.310 e. The molecule has 5 aliphatic rings. The Bertz CT molecular complexity index is 2020. The van der Waals surface area contributed by atoms with Crippen molar-refractivity contribution in [1.29, 1.82) is 0 Å². The van der Waals surface area contributed by atoms with Crippen molar-refractivity contribution >= 4 is 17.7 Å². The molecule has 0 saturated carbocycles. The van der Waals surface area contributed by atoms with Gasteiger partial charge >= 0.3 is 0 Å². The summed E-state index contributed by atoms with van der Waals surface area (Å²) in [5.41, 5.74) is 16.6. The summed E-state index contributed by atoms with van der Waals surface area (Å²) in [7, 11) is 0. The van der Waals surface area contributed by atoms with E-state index >= 15 is 0 Å². The molecule has 0 amide bonds. The lowest BCUT2D eigenvalue weighted by Crippen LogP contribution is -2.19. The summed E-state index contributed by atoms with van der Waals surface area (Å²) < 4.78 is 2.56. The largest absolute Gasteiger partial charge is 0.310 e. The number of fused-ring (bicyclic) bond motifs is 6. The van der Waals surface area contributed by atoms with E-state index in [1.807, 2.05) is 18.5 Å². The van der Waals surface area contributed by atoms with E-state index in [0.717, 1.165) is 18.4 Å². The maximum Gasteiger partial charge on any atom is 0.0506 e. The van der Waals surface area contributed by atoms with E-state index in [1.54, 1.807) is 0 Å². The van der Waals surface area contributed by atoms with Gasteiger partial charge in [0.1, 0.15) is 0 Å². The smallest absolute Gasteiger partial charge is 0.0506 e. The molecule has 4 aromatic rings. The van der Waals surface area contributed by atoms with Gasteiger partial charge in [-0.05, 0) is 119 Å². The summed E-state index contributed by atoms with van der Waals surface area (Å²) in [6, 6.07) is 24.2. The van der Waals surface area contributed by atoms with Crippen molar-refractivity contribution in [2.24, 2.45) is 11.8 Å². The maximum absolute atomic E-state index is 4.39. The van der Waals surface area contributed by atoms with E-state index in [1.165, 1.54) is 80.9 Å². The Hall–Kier alpha value is -4.95. The molecule has 0 spiro atoms. The molecule has 0 aliphatic heterocycles. The summed E-state index contributed by atoms with van der Waals surface area (Å²) in [6.45, 7) is 0. The highest BCUT2D eigenvalue weighted by atomic mass is 15.0. The summed E-state index contributed by atoms with van der Waals surface area (Å²) >= 11 is 0. The van der Waals surface area contributed by atoms with Gasteiger partial charge in [0.15, 0.2) is 0 Å². The van der Waals surface area contributed by atoms with E-state index in [4.69, 9.17) is 0 Å². The number of pyridine rings is 1. The van der Waals surface area contributed by atoms with Gasteiger partial charge in [-0.25, -0.2) is 0 Å². The molecule has 0 radical (unpaired) electrons. The molecule has 0 bridgehead atoms. The van der Waals surface area contributed by atoms with Crippen molar-refractivity contribution < 1.29 is 0 Å². The number of rotatable bonds is 4. The Kier molecular flexibility index (Phi) is 6.40. The SMILES string of the molecule is C1=CC2C(c3cccc(-c4cccnc4)c3)=Cc3c(c4c(n3-c3ccccc3)C=C(C3=CC=C5C=CCCC5C3)CC4)C2C=C1. The van der Waals surface area contributed by atoms with Crippen LogP contribution in [0.15, 0.2) is 144 Å². The molecule has 2 heteroatoms. The number of benzene rings is 2. The van der Waals surface area contributed by atoms with Crippen LogP contribution >= 0.6 is 0 Å². The molecule has 3 unspecified atom stereocenters. The fourth-order valence-corrected chi connectivity index (χ4v) is 8.32. The molecular formula is C43H36N2. The van der Waals surface area contributed by atoms with Crippen LogP contribution in [-0.4, -0.2) is 9.55 Å². The quantitative estimate of drug-likeness (QED) is 0.235. The highest BCUT2D eigenvalue weighted by Crippen LogP contribution is 2.51. The van der Waals surface area contributed by atoms with E-state index in [-0.39, 0.29) is 0 Å². The van der Waals surface area contributed by atoms with Crippen LogP contribution in [0.3, 0.4) is 0 Å². The van der Waals surface area contributed by atoms with Gasteiger partial charge in [0.2, 0.25) is 0 Å². The fraction of sp³-hybridized carbons (Fsp3) is 0.186. The number of hydrogen-bond donors (Lipinski definition) is 0. The number of allylic oxidation sites excluding steroid dienone is 12. The van der Waals surface area contributed by atoms with Gasteiger partial charge < -0.3 is 4.57 Å². The second-order valence-corrected chi connectivity index (χ2v) is 13.0. The third-order valence-electron chi connectivity index (χ3n) is 10.5. The second kappa shape index (κ2) is 10.9. The number of aromatic nitrogens is 2. The van der Waals surface area contributed by atoms with Crippen LogP contribution in [0.2, 0.25) is 0 Å². The van der Waals surface area contributed by atoms with Crippen LogP contribution in [0.4, 0.5) is 0 Å². The van der Waals surface area contributed by atoms with Crippen molar-refractivity contribution in [2.45, 2.75) is 38.0 Å². The summed E-state index contributed by atoms with van der Waals surface area (Å²) in [4.78, 5) is 4.39. The van der Waals surface area contributed by atoms with Crippen LogP contribution in [0, 0.1) is 11.8 Å². The molecule has 3 atom stereocenters. The Morgan fingerprint density at radius 2 is 1.60 bits per heavy atom. The average Bonchev–Trinajstić information content (AvgIpc) is 3.45. The van der Waals surface area contributed by atoms with Crippen molar-refractivity contribution in [3.63, 3.8) is 0 Å². The predicted molar refractivity (Wildman–Crippen MR) is 187 cm³/mol. The maximum atomic E-state index is 4.39. The van der Waals surface area contributed by atoms with Gasteiger partial charge in [0, 0.05) is 41.2 Å². The Labute approximate surface area is 265 Å². The van der Waals surface area contributed by atoms with Crippen LogP contribution in [-0.2, 0) is 6.42 Å². The lowest BCUT2D eigenvalue weighted by Gasteiger charge is -2.33. The van der Waals surface area contributed by atoms with Crippen LogP contribution in [0.1, 0.15) is 59.7 Å². The highest BCUT2D eigenvalue weighted by Gasteiger charge is 2.37. The van der Waals surface area contributed by atoms with Crippen molar-refractivity contribution in [1.82, 2.24) is 9.55 Å². The molecule has 0 fully saturated rings. The standard InChI is InChI=1S/C43H36N2/c1-2-15-36(16-3-1)45-41-26-33(32-20-19-29-10-4-5-11-30(29)24-32)21-22-39(41)43-38-18-7-6-17-37(38)40(27-42(43)45)34-13-8-12-31(25-34)35-14-9-23-44-28-35/h1-4,6-10,12-20,23,25-28,30,37-38H,5,11,21-22,24H2. The molecule has 5 aliphatic carbocycles. The summed E-state index contributed by atoms with van der Waals surface area (Å²) in [5, 5.41) is 0. The van der Waals surface area contributed by atoms with Gasteiger partial charge in [-0.2, -0.15) is 0 Å². The van der Waals surface area contributed by atoms with Crippen LogP contribution < -0.4 is 0 Å². The Morgan fingerprint density at radius 3 is 2.49 bits per heavy atom. The highest BCUT2D eigenvalue weighted by molar-refractivity contribution is 5.91. The molecular weight excluding hydrogens is 544 g/mol. The van der Waals surface area contributed by atoms with E-state index < -0.39 is 0 Å². The Morgan fingerprint density at radius 1 is 0.733 bits per heavy atom. The Balaban J connectivity index is 1.23. The monoisotopic (exact) mass is 580 g/mol. The third kappa shape index (κ3) is 4.51. The number of hydrogen-bond acceptors (Lipinski definition) is 1. The van der Waals surface area contributed by atoms with Crippen molar-refractivity contribution in [3.8, 4) is 16.8 Å². The lowest BCUT2D eigenvalue weighted by molar-refractivity contribution is 0.552. The first-order chi connectivity index (χ1) is 22.3. The molecule has 0 saturated heterocycles. The average molecular weight is 581 g/mol. The first-order valence-corrected chi connectivity index (χ1v) is 16.5. The second-order valence-electron chi connectivity index (χ2n) is 13.0. The predicted octanol–water partition coefficient (Wildman–Crippen LogP) is 10.5. The molecule has 2 nitrogen and oxygen atoms in total. The number of nitrogens with zero attached hydrogens (tertiary/aromatic N) is 2. The zero-order valence-corrected chi connectivity index (χ0v) is 25.4. The fourth-order valence-electron chi connectivity index (χ4n) is 8.32. The third-order valence-corrected chi connectivity index (χ3v) is 10.5. The minimum absolute atomic E-state index is 0.303. The molecule has 2 aromatic heterocycles. The first kappa shape index (κ1) is 26.5. The topological polar surface area (TPSA) is 17.8 Å². The normalized spacial score (nSPS) is 22.7. The number of para-hydroxylation sites is 1. The van der Waals surface area contributed by atoms with Crippen molar-refractivity contribution in [2.75, 3.05) is 0 Å². The van der Waals surface area contributed by atoms with E-state index in [9.17, 15) is 0 Å². The molecule has 218 valence electrons. The molecule has 0 N–H and O–H groups in total. The van der Waals surface area contributed by atoms with E-state index in [0.29, 0.717) is 17.8 Å². The minimum atomic E-state index is 0.303. The molecule has 2 heterocycles. The van der Waals surface area contributed by atoms with Crippen LogP contribution in [0.5, 0.6) is 0 Å². The molecule has 9 rings (SSSR count). The van der Waals surface area contributed by atoms with E-state index in [2.05, 4.69) is 131 Å². The lowest BCUT2D eigenvalue weighted by atomic mass is 9.70. The van der Waals surface area contributed by atoms with Gasteiger partial charge in [-0.1, -0.05) is 91.1 Å². The summed E-state index contributed by atoms with van der Waals surface area (Å²) in [5.74, 6) is 1.28. The van der Waals surface area contributed by atoms with Gasteiger partial charge in [-0.3, -0.25) is 4.98 Å². The molecule has 2 aromatic carbocycles. The van der Waals surface area contributed by atoms with Crippen molar-refractivity contribution in [3.05, 3.63) is 173 Å². The zero-order valence-electron chi connectivity index (χ0n) is 25.4. The van der Waals surface area contributed by atoms with Crippen LogP contribution in [0.25, 0.3) is 34.5 Å². The summed E-state index contributed by atoms with van der Waals surface area (Å²) in [6.07, 6.45) is 33.5. The van der Waals surface area contributed by atoms with Gasteiger partial charge in [0.25, 0.3) is 0 Å². The van der Waals surface area contributed by atoms with Gasteiger partial charge in [0.05, 0.1) is 5.69 Å². The van der Waals surface area contributed by atoms with Gasteiger partial charge in [-0.15, -0.1) is 0 Å². The molecule has 45 heavy (non-hydrogen) atoms.